The van der Waals surface area contributed by atoms with Crippen molar-refractivity contribution in [2.75, 3.05) is 6.61 Å². The largest absolute Gasteiger partial charge is 0.507 e. The molecule has 2 aromatic rings. The van der Waals surface area contributed by atoms with Crippen molar-refractivity contribution in [3.8, 4) is 11.5 Å². The van der Waals surface area contributed by atoms with Crippen molar-refractivity contribution in [2.24, 2.45) is 4.99 Å². The van der Waals surface area contributed by atoms with Gasteiger partial charge in [0.2, 0.25) is 0 Å². The third kappa shape index (κ3) is 4.71. The van der Waals surface area contributed by atoms with Gasteiger partial charge in [0.15, 0.2) is 0 Å². The summed E-state index contributed by atoms with van der Waals surface area (Å²) in [5.41, 5.74) is -1.29. The highest BCUT2D eigenvalue weighted by Gasteiger charge is 2.31. The maximum atomic E-state index is 12.9. The summed E-state index contributed by atoms with van der Waals surface area (Å²) in [7, 11) is 0. The average Bonchev–Trinajstić information content (AvgIpc) is 2.58. The van der Waals surface area contributed by atoms with Gasteiger partial charge in [-0.05, 0) is 30.7 Å². The quantitative estimate of drug-likeness (QED) is 0.448. The van der Waals surface area contributed by atoms with Crippen LogP contribution >= 0.6 is 0 Å². The number of halogens is 3. The third-order valence-electron chi connectivity index (χ3n) is 3.31. The van der Waals surface area contributed by atoms with Crippen molar-refractivity contribution >= 4 is 17.6 Å². The second kappa shape index (κ2) is 7.85. The highest BCUT2D eigenvalue weighted by atomic mass is 19.4. The molecule has 0 atom stereocenters. The van der Waals surface area contributed by atoms with Crippen LogP contribution in [0.25, 0.3) is 0 Å². The molecule has 9 heteroatoms. The molecule has 0 aliphatic rings. The van der Waals surface area contributed by atoms with Gasteiger partial charge in [-0.15, -0.1) is 0 Å². The van der Waals surface area contributed by atoms with Crippen LogP contribution in [0, 0.1) is 10.1 Å². The minimum atomic E-state index is -4.55. The first kappa shape index (κ1) is 19.2. The maximum Gasteiger partial charge on any atom is 0.416 e. The number of hydrogen-bond acceptors (Lipinski definition) is 5. The smallest absolute Gasteiger partial charge is 0.416 e. The van der Waals surface area contributed by atoms with Gasteiger partial charge in [0.25, 0.3) is 5.69 Å². The summed E-state index contributed by atoms with van der Waals surface area (Å²) in [5.74, 6) is -0.150. The topological polar surface area (TPSA) is 85.0 Å². The number of nitro groups is 1. The van der Waals surface area contributed by atoms with Gasteiger partial charge in [-0.3, -0.25) is 15.1 Å². The molecule has 0 unspecified atom stereocenters. The van der Waals surface area contributed by atoms with Crippen molar-refractivity contribution in [1.82, 2.24) is 0 Å². The first-order chi connectivity index (χ1) is 12.2. The fourth-order valence-electron chi connectivity index (χ4n) is 2.03. The van der Waals surface area contributed by atoms with Gasteiger partial charge in [0, 0.05) is 23.9 Å². The van der Waals surface area contributed by atoms with Crippen LogP contribution in [0.15, 0.2) is 41.4 Å². The van der Waals surface area contributed by atoms with Crippen molar-refractivity contribution in [3.05, 3.63) is 57.6 Å². The molecule has 2 rings (SSSR count). The summed E-state index contributed by atoms with van der Waals surface area (Å²) in [5, 5.41) is 20.6. The van der Waals surface area contributed by atoms with E-state index in [2.05, 4.69) is 4.99 Å². The number of non-ortho nitro benzene ring substituents is 1. The highest BCUT2D eigenvalue weighted by molar-refractivity contribution is 5.87. The number of hydrogen-bond donors (Lipinski definition) is 1. The minimum absolute atomic E-state index is 0.00180. The standard InChI is InChI=1S/C17H15F3N2O4/c1-2-7-26-16-6-3-12(17(18,19)20)9-14(16)21-10-11-8-13(22(24)25)4-5-15(11)23/h3-6,8-10,23H,2,7H2,1H3. The monoisotopic (exact) mass is 368 g/mol. The molecule has 1 N–H and O–H groups in total. The van der Waals surface area contributed by atoms with E-state index in [0.717, 1.165) is 36.5 Å². The van der Waals surface area contributed by atoms with E-state index in [1.807, 2.05) is 6.92 Å². The zero-order valence-electron chi connectivity index (χ0n) is 13.7. The molecule has 0 bridgehead atoms. The average molecular weight is 368 g/mol. The molecule has 0 fully saturated rings. The molecule has 0 spiro atoms. The molecule has 6 nitrogen and oxygen atoms in total. The lowest BCUT2D eigenvalue weighted by molar-refractivity contribution is -0.384. The molecule has 0 aliphatic carbocycles. The van der Waals surface area contributed by atoms with Crippen LogP contribution < -0.4 is 4.74 Å². The highest BCUT2D eigenvalue weighted by Crippen LogP contribution is 2.36. The molecule has 0 saturated heterocycles. The molecule has 0 heterocycles. The Hall–Kier alpha value is -3.10. The van der Waals surface area contributed by atoms with Gasteiger partial charge in [0.05, 0.1) is 17.1 Å². The van der Waals surface area contributed by atoms with Crippen molar-refractivity contribution in [3.63, 3.8) is 0 Å². The fraction of sp³-hybridized carbons (Fsp3) is 0.235. The Labute approximate surface area is 146 Å². The van der Waals surface area contributed by atoms with Crippen LogP contribution in [0.5, 0.6) is 11.5 Å². The molecule has 0 amide bonds. The second-order valence-corrected chi connectivity index (χ2v) is 5.29. The molecule has 138 valence electrons. The molecule has 26 heavy (non-hydrogen) atoms. The molecular weight excluding hydrogens is 353 g/mol. The zero-order valence-corrected chi connectivity index (χ0v) is 13.7. The van der Waals surface area contributed by atoms with Crippen LogP contribution in [0.1, 0.15) is 24.5 Å². The van der Waals surface area contributed by atoms with E-state index < -0.39 is 16.7 Å². The first-order valence-electron chi connectivity index (χ1n) is 7.58. The van der Waals surface area contributed by atoms with E-state index in [1.54, 1.807) is 0 Å². The number of phenols is 1. The number of aromatic hydroxyl groups is 1. The van der Waals surface area contributed by atoms with Crippen LogP contribution in [-0.2, 0) is 6.18 Å². The Balaban J connectivity index is 2.44. The summed E-state index contributed by atoms with van der Waals surface area (Å²) in [4.78, 5) is 14.1. The SMILES string of the molecule is CCCOc1ccc(C(F)(F)F)cc1N=Cc1cc([N+](=O)[O-])ccc1O. The van der Waals surface area contributed by atoms with Gasteiger partial charge < -0.3 is 9.84 Å². The number of rotatable bonds is 6. The molecule has 0 aromatic heterocycles. The van der Waals surface area contributed by atoms with E-state index in [1.165, 1.54) is 6.07 Å². The van der Waals surface area contributed by atoms with E-state index in [9.17, 15) is 28.4 Å². The summed E-state index contributed by atoms with van der Waals surface area (Å²) >= 11 is 0. The fourth-order valence-corrected chi connectivity index (χ4v) is 2.03. The van der Waals surface area contributed by atoms with Crippen molar-refractivity contribution < 1.29 is 27.9 Å². The molecule has 0 saturated carbocycles. The first-order valence-corrected chi connectivity index (χ1v) is 7.58. The van der Waals surface area contributed by atoms with Crippen molar-refractivity contribution in [2.45, 2.75) is 19.5 Å². The maximum absolute atomic E-state index is 12.9. The second-order valence-electron chi connectivity index (χ2n) is 5.29. The van der Waals surface area contributed by atoms with Crippen LogP contribution in [0.3, 0.4) is 0 Å². The summed E-state index contributed by atoms with van der Waals surface area (Å²) in [6.45, 7) is 2.13. The van der Waals surface area contributed by atoms with Crippen LogP contribution in [0.4, 0.5) is 24.5 Å². The van der Waals surface area contributed by atoms with Gasteiger partial charge >= 0.3 is 6.18 Å². The molecule has 2 aromatic carbocycles. The van der Waals surface area contributed by atoms with Gasteiger partial charge in [-0.25, -0.2) is 0 Å². The summed E-state index contributed by atoms with van der Waals surface area (Å²) in [6.07, 6.45) is -2.85. The number of phenolic OH excluding ortho intramolecular Hbond substituents is 1. The number of aliphatic imine (C=N–C) groups is 1. The number of ether oxygens (including phenoxy) is 1. The van der Waals surface area contributed by atoms with Gasteiger partial charge in [0.1, 0.15) is 17.2 Å². The number of benzene rings is 2. The molecular formula is C17H15F3N2O4. The van der Waals surface area contributed by atoms with Crippen LogP contribution in [-0.4, -0.2) is 22.9 Å². The Morgan fingerprint density at radius 1 is 1.27 bits per heavy atom. The van der Waals surface area contributed by atoms with E-state index >= 15 is 0 Å². The lowest BCUT2D eigenvalue weighted by Crippen LogP contribution is -2.05. The van der Waals surface area contributed by atoms with Gasteiger partial charge in [-0.2, -0.15) is 13.2 Å². The number of alkyl halides is 3. The predicted molar refractivity (Wildman–Crippen MR) is 89.2 cm³/mol. The molecule has 0 radical (unpaired) electrons. The normalized spacial score (nSPS) is 11.7. The van der Waals surface area contributed by atoms with E-state index in [0.29, 0.717) is 6.42 Å². The van der Waals surface area contributed by atoms with Crippen molar-refractivity contribution in [1.29, 1.82) is 0 Å². The van der Waals surface area contributed by atoms with Gasteiger partial charge in [-0.1, -0.05) is 6.92 Å². The Bertz CT molecular complexity index is 835. The Kier molecular flexibility index (Phi) is 5.81. The summed E-state index contributed by atoms with van der Waals surface area (Å²) < 4.78 is 44.1. The Morgan fingerprint density at radius 3 is 2.62 bits per heavy atom. The van der Waals surface area contributed by atoms with Crippen LogP contribution in [0.2, 0.25) is 0 Å². The van der Waals surface area contributed by atoms with E-state index in [-0.39, 0.29) is 35.0 Å². The third-order valence-corrected chi connectivity index (χ3v) is 3.31. The lowest BCUT2D eigenvalue weighted by Gasteiger charge is -2.11. The Morgan fingerprint density at radius 2 is 2.00 bits per heavy atom. The summed E-state index contributed by atoms with van der Waals surface area (Å²) in [6, 6.07) is 6.15. The minimum Gasteiger partial charge on any atom is -0.507 e. The zero-order chi connectivity index (χ0) is 19.3. The van der Waals surface area contributed by atoms with E-state index in [4.69, 9.17) is 4.74 Å². The lowest BCUT2D eigenvalue weighted by atomic mass is 10.1. The number of nitro benzene ring substituents is 1. The predicted octanol–water partition coefficient (Wildman–Crippen LogP) is 4.86. The molecule has 0 aliphatic heterocycles. The number of nitrogens with zero attached hydrogens (tertiary/aromatic N) is 2.